The summed E-state index contributed by atoms with van der Waals surface area (Å²) >= 11 is 0. The van der Waals surface area contributed by atoms with Crippen molar-refractivity contribution < 1.29 is 26.8 Å². The summed E-state index contributed by atoms with van der Waals surface area (Å²) in [6, 6.07) is 6.94. The van der Waals surface area contributed by atoms with Crippen LogP contribution in [-0.2, 0) is 19.6 Å². The molecule has 1 fully saturated rings. The number of rotatable bonds is 6. The van der Waals surface area contributed by atoms with E-state index < -0.39 is 45.4 Å². The van der Waals surface area contributed by atoms with E-state index in [2.05, 4.69) is 10.6 Å². The van der Waals surface area contributed by atoms with Crippen LogP contribution in [0.4, 0.5) is 8.78 Å². The fourth-order valence-electron chi connectivity index (χ4n) is 3.98. The number of amides is 2. The van der Waals surface area contributed by atoms with Crippen LogP contribution in [0, 0.1) is 31.4 Å². The first kappa shape index (κ1) is 24.8. The summed E-state index contributed by atoms with van der Waals surface area (Å²) in [5.41, 5.74) is 1.74. The van der Waals surface area contributed by atoms with E-state index in [1.165, 1.54) is 17.4 Å². The average molecular weight is 480 g/mol. The van der Waals surface area contributed by atoms with Crippen LogP contribution < -0.4 is 10.6 Å². The Kier molecular flexibility index (Phi) is 7.48. The van der Waals surface area contributed by atoms with Crippen molar-refractivity contribution in [1.82, 2.24) is 14.9 Å². The quantitative estimate of drug-likeness (QED) is 0.666. The highest BCUT2D eigenvalue weighted by molar-refractivity contribution is 7.89. The van der Waals surface area contributed by atoms with E-state index in [0.29, 0.717) is 5.56 Å². The predicted molar refractivity (Wildman–Crippen MR) is 119 cm³/mol. The van der Waals surface area contributed by atoms with E-state index in [1.54, 1.807) is 19.1 Å². The Morgan fingerprint density at radius 1 is 1.03 bits per heavy atom. The summed E-state index contributed by atoms with van der Waals surface area (Å²) in [5.74, 6) is -3.73. The number of likely N-dealkylation sites (N-methyl/N-ethyl adjacent to an activating group) is 1. The second-order valence-electron chi connectivity index (χ2n) is 8.18. The highest BCUT2D eigenvalue weighted by Crippen LogP contribution is 2.27. The van der Waals surface area contributed by atoms with Crippen LogP contribution in [0.15, 0.2) is 41.3 Å². The summed E-state index contributed by atoms with van der Waals surface area (Å²) in [6.07, 6.45) is 0.544. The number of nitrogens with zero attached hydrogens (tertiary/aromatic N) is 1. The van der Waals surface area contributed by atoms with Gasteiger partial charge in [-0.1, -0.05) is 23.8 Å². The minimum atomic E-state index is -3.69. The molecule has 10 heteroatoms. The second kappa shape index (κ2) is 9.96. The molecule has 0 aliphatic carbocycles. The van der Waals surface area contributed by atoms with Gasteiger partial charge in [-0.25, -0.2) is 17.2 Å². The largest absolute Gasteiger partial charge is 0.357 e. The molecule has 178 valence electrons. The minimum Gasteiger partial charge on any atom is -0.357 e. The first-order valence-corrected chi connectivity index (χ1v) is 12.0. The number of hydrogen-bond acceptors (Lipinski definition) is 4. The number of halogens is 2. The molecule has 1 atom stereocenters. The van der Waals surface area contributed by atoms with Crippen molar-refractivity contribution in [3.05, 3.63) is 64.7 Å². The molecule has 0 bridgehead atoms. The average Bonchev–Trinajstić information content (AvgIpc) is 2.78. The van der Waals surface area contributed by atoms with Gasteiger partial charge in [0.15, 0.2) is 11.6 Å². The Morgan fingerprint density at radius 2 is 1.70 bits per heavy atom. The highest BCUT2D eigenvalue weighted by atomic mass is 32.2. The van der Waals surface area contributed by atoms with Crippen molar-refractivity contribution in [3.8, 4) is 0 Å². The topological polar surface area (TPSA) is 95.6 Å². The SMILES string of the molecule is CNC(=O)C(NC(=O)C1CCN(S(=O)(=O)c2ccc(C)cc2C)CC1)c1ccc(F)c(F)c1. The summed E-state index contributed by atoms with van der Waals surface area (Å²) in [5, 5.41) is 5.00. The lowest BCUT2D eigenvalue weighted by Crippen LogP contribution is -2.46. The second-order valence-corrected chi connectivity index (χ2v) is 10.1. The van der Waals surface area contributed by atoms with Gasteiger partial charge in [-0.15, -0.1) is 0 Å². The van der Waals surface area contributed by atoms with Crippen LogP contribution in [-0.4, -0.2) is 44.7 Å². The number of benzene rings is 2. The molecule has 33 heavy (non-hydrogen) atoms. The van der Waals surface area contributed by atoms with Gasteiger partial charge in [-0.2, -0.15) is 4.31 Å². The number of piperidine rings is 1. The molecular weight excluding hydrogens is 452 g/mol. The summed E-state index contributed by atoms with van der Waals surface area (Å²) in [6.45, 7) is 3.95. The molecule has 3 rings (SSSR count). The molecule has 0 radical (unpaired) electrons. The molecular formula is C23H27F2N3O4S. The fourth-order valence-corrected chi connectivity index (χ4v) is 5.66. The van der Waals surface area contributed by atoms with E-state index in [4.69, 9.17) is 0 Å². The Balaban J connectivity index is 1.69. The molecule has 1 unspecified atom stereocenters. The molecule has 1 aliphatic heterocycles. The molecule has 0 saturated carbocycles. The van der Waals surface area contributed by atoms with Crippen molar-refractivity contribution in [3.63, 3.8) is 0 Å². The number of aryl methyl sites for hydroxylation is 2. The summed E-state index contributed by atoms with van der Waals surface area (Å²) in [7, 11) is -2.32. The van der Waals surface area contributed by atoms with Gasteiger partial charge in [0.2, 0.25) is 21.8 Å². The number of sulfonamides is 1. The van der Waals surface area contributed by atoms with Gasteiger partial charge in [0, 0.05) is 26.1 Å². The monoisotopic (exact) mass is 479 g/mol. The lowest BCUT2D eigenvalue weighted by molar-refractivity contribution is -0.131. The van der Waals surface area contributed by atoms with E-state index in [-0.39, 0.29) is 36.4 Å². The molecule has 2 amide bonds. The van der Waals surface area contributed by atoms with Crippen LogP contribution in [0.2, 0.25) is 0 Å². The number of carbonyl (C=O) groups is 2. The van der Waals surface area contributed by atoms with E-state index in [1.807, 2.05) is 13.0 Å². The van der Waals surface area contributed by atoms with Gasteiger partial charge in [0.05, 0.1) is 4.90 Å². The Hall–Kier alpha value is -2.85. The van der Waals surface area contributed by atoms with Gasteiger partial charge >= 0.3 is 0 Å². The van der Waals surface area contributed by atoms with Crippen LogP contribution >= 0.6 is 0 Å². The van der Waals surface area contributed by atoms with Gasteiger partial charge in [0.1, 0.15) is 6.04 Å². The zero-order chi connectivity index (χ0) is 24.3. The first-order valence-electron chi connectivity index (χ1n) is 10.6. The Labute approximate surface area is 192 Å². The van der Waals surface area contributed by atoms with Crippen molar-refractivity contribution in [2.24, 2.45) is 5.92 Å². The van der Waals surface area contributed by atoms with Crippen LogP contribution in [0.25, 0.3) is 0 Å². The fraction of sp³-hybridized carbons (Fsp3) is 0.391. The third-order valence-electron chi connectivity index (χ3n) is 5.85. The third-order valence-corrected chi connectivity index (χ3v) is 7.90. The lowest BCUT2D eigenvalue weighted by atomic mass is 9.96. The zero-order valence-corrected chi connectivity index (χ0v) is 19.5. The molecule has 2 N–H and O–H groups in total. The first-order chi connectivity index (χ1) is 15.5. The van der Waals surface area contributed by atoms with E-state index in [0.717, 1.165) is 17.7 Å². The zero-order valence-electron chi connectivity index (χ0n) is 18.7. The van der Waals surface area contributed by atoms with Crippen molar-refractivity contribution >= 4 is 21.8 Å². The lowest BCUT2D eigenvalue weighted by Gasteiger charge is -2.31. The summed E-state index contributed by atoms with van der Waals surface area (Å²) in [4.78, 5) is 25.4. The van der Waals surface area contributed by atoms with Gasteiger partial charge < -0.3 is 10.6 Å². The van der Waals surface area contributed by atoms with E-state index in [9.17, 15) is 26.8 Å². The maximum absolute atomic E-state index is 13.7. The third kappa shape index (κ3) is 5.39. The Bertz CT molecular complexity index is 1160. The van der Waals surface area contributed by atoms with E-state index >= 15 is 0 Å². The maximum atomic E-state index is 13.7. The van der Waals surface area contributed by atoms with Crippen molar-refractivity contribution in [2.75, 3.05) is 20.1 Å². The number of carbonyl (C=O) groups excluding carboxylic acids is 2. The van der Waals surface area contributed by atoms with Crippen LogP contribution in [0.5, 0.6) is 0 Å². The number of nitrogens with one attached hydrogen (secondary N) is 2. The minimum absolute atomic E-state index is 0.108. The molecule has 1 saturated heterocycles. The molecule has 2 aromatic carbocycles. The molecule has 1 aliphatic rings. The van der Waals surface area contributed by atoms with Crippen molar-refractivity contribution in [1.29, 1.82) is 0 Å². The smallest absolute Gasteiger partial charge is 0.246 e. The number of hydrogen-bond donors (Lipinski definition) is 2. The van der Waals surface area contributed by atoms with Crippen LogP contribution in [0.3, 0.4) is 0 Å². The highest BCUT2D eigenvalue weighted by Gasteiger charge is 2.34. The predicted octanol–water partition coefficient (Wildman–Crippen LogP) is 2.59. The molecule has 0 aromatic heterocycles. The van der Waals surface area contributed by atoms with Gasteiger partial charge in [0.25, 0.3) is 0 Å². The van der Waals surface area contributed by atoms with Gasteiger partial charge in [-0.3, -0.25) is 9.59 Å². The molecule has 1 heterocycles. The standard InChI is InChI=1S/C23H27F2N3O4S/c1-14-4-7-20(15(2)12-14)33(31,32)28-10-8-16(9-11-28)22(29)27-21(23(30)26-3)17-5-6-18(24)19(25)13-17/h4-7,12-13,16,21H,8-11H2,1-3H3,(H,26,30)(H,27,29). The Morgan fingerprint density at radius 3 is 2.27 bits per heavy atom. The molecule has 7 nitrogen and oxygen atoms in total. The summed E-state index contributed by atoms with van der Waals surface area (Å²) < 4.78 is 54.4. The molecule has 0 spiro atoms. The van der Waals surface area contributed by atoms with Crippen LogP contribution in [0.1, 0.15) is 35.6 Å². The normalized spacial score (nSPS) is 16.3. The van der Waals surface area contributed by atoms with Crippen molar-refractivity contribution in [2.45, 2.75) is 37.6 Å². The van der Waals surface area contributed by atoms with Gasteiger partial charge in [-0.05, 0) is 56.0 Å². The maximum Gasteiger partial charge on any atom is 0.246 e. The molecule has 2 aromatic rings.